The lowest BCUT2D eigenvalue weighted by atomic mass is 10.1. The molecule has 0 saturated heterocycles. The average molecular weight is 220 g/mol. The van der Waals surface area contributed by atoms with Crippen LogP contribution < -0.4 is 5.32 Å². The molecule has 1 aliphatic carbocycles. The number of nitrogens with one attached hydrogen (secondary N) is 2. The minimum atomic E-state index is 0.232. The minimum Gasteiger partial charge on any atom is -0.362 e. The maximum absolute atomic E-state index is 11.8. The highest BCUT2D eigenvalue weighted by molar-refractivity contribution is 5.78. The molecule has 0 radical (unpaired) electrons. The molecular weight excluding hydrogens is 200 g/mol. The highest BCUT2D eigenvalue weighted by Gasteiger charge is 2.22. The first kappa shape index (κ1) is 11.2. The van der Waals surface area contributed by atoms with Crippen LogP contribution in [0.15, 0.2) is 6.07 Å². The van der Waals surface area contributed by atoms with Crippen LogP contribution in [0.25, 0.3) is 0 Å². The van der Waals surface area contributed by atoms with Crippen molar-refractivity contribution in [3.05, 3.63) is 23.0 Å². The first-order chi connectivity index (χ1) is 7.66. The number of carbonyl (C=O) groups is 1. The Labute approximate surface area is 96.6 Å². The predicted octanol–water partition coefficient (Wildman–Crippen LogP) is 2.44. The van der Waals surface area contributed by atoms with Crippen LogP contribution in [0.1, 0.15) is 42.6 Å². The summed E-state index contributed by atoms with van der Waals surface area (Å²) in [6, 6.07) is 2.10. The molecule has 1 aromatic rings. The quantitative estimate of drug-likeness (QED) is 0.807. The lowest BCUT2D eigenvalue weighted by Gasteiger charge is -2.09. The topological polar surface area (TPSA) is 44.9 Å². The van der Waals surface area contributed by atoms with Crippen LogP contribution in [0, 0.1) is 19.8 Å². The van der Waals surface area contributed by atoms with Gasteiger partial charge in [0.15, 0.2) is 0 Å². The third-order valence-electron chi connectivity index (χ3n) is 3.44. The zero-order chi connectivity index (χ0) is 11.5. The Morgan fingerprint density at radius 3 is 2.69 bits per heavy atom. The van der Waals surface area contributed by atoms with Crippen LogP contribution in [-0.2, 0) is 11.3 Å². The Hall–Kier alpha value is -1.25. The van der Waals surface area contributed by atoms with E-state index in [1.165, 1.54) is 18.4 Å². The largest absolute Gasteiger partial charge is 0.362 e. The molecular formula is C13H20N2O. The van der Waals surface area contributed by atoms with Gasteiger partial charge in [-0.25, -0.2) is 0 Å². The van der Waals surface area contributed by atoms with E-state index < -0.39 is 0 Å². The molecule has 0 bridgehead atoms. The van der Waals surface area contributed by atoms with Gasteiger partial charge < -0.3 is 10.3 Å². The van der Waals surface area contributed by atoms with Crippen LogP contribution in [-0.4, -0.2) is 10.9 Å². The molecule has 0 aliphatic heterocycles. The second-order valence-electron chi connectivity index (χ2n) is 4.80. The highest BCUT2D eigenvalue weighted by atomic mass is 16.1. The van der Waals surface area contributed by atoms with Crippen molar-refractivity contribution in [2.45, 2.75) is 46.1 Å². The van der Waals surface area contributed by atoms with Gasteiger partial charge in [-0.05, 0) is 38.3 Å². The maximum Gasteiger partial charge on any atom is 0.223 e. The third-order valence-corrected chi connectivity index (χ3v) is 3.44. The molecule has 2 rings (SSSR count). The molecule has 1 heterocycles. The standard InChI is InChI=1S/C13H20N2O/c1-9-7-12(10(2)15-9)8-14-13(16)11-5-3-4-6-11/h7,11,15H,3-6,8H2,1-2H3,(H,14,16). The fourth-order valence-corrected chi connectivity index (χ4v) is 2.48. The van der Waals surface area contributed by atoms with E-state index in [2.05, 4.69) is 16.4 Å². The van der Waals surface area contributed by atoms with Gasteiger partial charge >= 0.3 is 0 Å². The van der Waals surface area contributed by atoms with Gasteiger partial charge in [0, 0.05) is 23.9 Å². The van der Waals surface area contributed by atoms with Crippen molar-refractivity contribution < 1.29 is 4.79 Å². The zero-order valence-electron chi connectivity index (χ0n) is 10.1. The first-order valence-corrected chi connectivity index (χ1v) is 6.09. The summed E-state index contributed by atoms with van der Waals surface area (Å²) in [6.45, 7) is 4.74. The van der Waals surface area contributed by atoms with E-state index in [1.807, 2.05) is 13.8 Å². The van der Waals surface area contributed by atoms with Crippen LogP contribution in [0.4, 0.5) is 0 Å². The third kappa shape index (κ3) is 2.46. The molecule has 1 fully saturated rings. The Morgan fingerprint density at radius 2 is 2.12 bits per heavy atom. The molecule has 1 aromatic heterocycles. The van der Waals surface area contributed by atoms with Crippen molar-refractivity contribution >= 4 is 5.91 Å². The van der Waals surface area contributed by atoms with Gasteiger partial charge in [-0.1, -0.05) is 12.8 Å². The second-order valence-corrected chi connectivity index (χ2v) is 4.80. The van der Waals surface area contributed by atoms with Gasteiger partial charge in [-0.2, -0.15) is 0 Å². The van der Waals surface area contributed by atoms with Gasteiger partial charge in [-0.15, -0.1) is 0 Å². The molecule has 0 aromatic carbocycles. The number of hydrogen-bond donors (Lipinski definition) is 2. The van der Waals surface area contributed by atoms with Crippen LogP contribution in [0.5, 0.6) is 0 Å². The Balaban J connectivity index is 1.87. The molecule has 2 N–H and O–H groups in total. The molecule has 3 heteroatoms. The van der Waals surface area contributed by atoms with Crippen molar-refractivity contribution in [1.29, 1.82) is 0 Å². The van der Waals surface area contributed by atoms with Gasteiger partial charge in [-0.3, -0.25) is 4.79 Å². The summed E-state index contributed by atoms with van der Waals surface area (Å²) in [6.07, 6.45) is 4.55. The fourth-order valence-electron chi connectivity index (χ4n) is 2.48. The Morgan fingerprint density at radius 1 is 1.44 bits per heavy atom. The van der Waals surface area contributed by atoms with Crippen LogP contribution in [0.3, 0.4) is 0 Å². The maximum atomic E-state index is 11.8. The van der Waals surface area contributed by atoms with E-state index in [0.717, 1.165) is 24.2 Å². The molecule has 3 nitrogen and oxygen atoms in total. The smallest absolute Gasteiger partial charge is 0.223 e. The number of amides is 1. The lowest BCUT2D eigenvalue weighted by Crippen LogP contribution is -2.28. The van der Waals surface area contributed by atoms with Crippen molar-refractivity contribution in [2.24, 2.45) is 5.92 Å². The zero-order valence-corrected chi connectivity index (χ0v) is 10.1. The van der Waals surface area contributed by atoms with Crippen molar-refractivity contribution in [1.82, 2.24) is 10.3 Å². The molecule has 1 saturated carbocycles. The van der Waals surface area contributed by atoms with Gasteiger partial charge in [0.25, 0.3) is 0 Å². The first-order valence-electron chi connectivity index (χ1n) is 6.09. The summed E-state index contributed by atoms with van der Waals surface area (Å²) < 4.78 is 0. The number of rotatable bonds is 3. The molecule has 0 unspecified atom stereocenters. The molecule has 1 amide bonds. The number of hydrogen-bond acceptors (Lipinski definition) is 1. The Bertz CT molecular complexity index is 375. The number of aromatic amines is 1. The Kier molecular flexibility index (Phi) is 3.32. The van der Waals surface area contributed by atoms with E-state index in [4.69, 9.17) is 0 Å². The second kappa shape index (κ2) is 4.73. The number of aromatic nitrogens is 1. The number of H-pyrrole nitrogens is 1. The van der Waals surface area contributed by atoms with Crippen LogP contribution >= 0.6 is 0 Å². The van der Waals surface area contributed by atoms with Crippen LogP contribution in [0.2, 0.25) is 0 Å². The van der Waals surface area contributed by atoms with Gasteiger partial charge in [0.1, 0.15) is 0 Å². The predicted molar refractivity (Wildman–Crippen MR) is 64.1 cm³/mol. The van der Waals surface area contributed by atoms with E-state index >= 15 is 0 Å². The molecule has 16 heavy (non-hydrogen) atoms. The SMILES string of the molecule is Cc1cc(CNC(=O)C2CCCC2)c(C)[nH]1. The summed E-state index contributed by atoms with van der Waals surface area (Å²) in [5.74, 6) is 0.496. The lowest BCUT2D eigenvalue weighted by molar-refractivity contribution is -0.124. The average Bonchev–Trinajstić information content (AvgIpc) is 2.84. The summed E-state index contributed by atoms with van der Waals surface area (Å²) in [7, 11) is 0. The van der Waals surface area contributed by atoms with E-state index in [1.54, 1.807) is 0 Å². The molecule has 88 valence electrons. The van der Waals surface area contributed by atoms with Crippen molar-refractivity contribution in [2.75, 3.05) is 0 Å². The number of carbonyl (C=O) groups excluding carboxylic acids is 1. The monoisotopic (exact) mass is 220 g/mol. The normalized spacial score (nSPS) is 16.6. The van der Waals surface area contributed by atoms with E-state index in [-0.39, 0.29) is 11.8 Å². The minimum absolute atomic E-state index is 0.232. The van der Waals surface area contributed by atoms with Crippen molar-refractivity contribution in [3.8, 4) is 0 Å². The summed E-state index contributed by atoms with van der Waals surface area (Å²) in [4.78, 5) is 15.1. The highest BCUT2D eigenvalue weighted by Crippen LogP contribution is 2.24. The van der Waals surface area contributed by atoms with E-state index in [9.17, 15) is 4.79 Å². The molecule has 1 aliphatic rings. The number of aryl methyl sites for hydroxylation is 2. The summed E-state index contributed by atoms with van der Waals surface area (Å²) in [5, 5.41) is 3.04. The van der Waals surface area contributed by atoms with Gasteiger partial charge in [0.2, 0.25) is 5.91 Å². The summed E-state index contributed by atoms with van der Waals surface area (Å²) in [5.41, 5.74) is 3.51. The molecule has 0 spiro atoms. The fraction of sp³-hybridized carbons (Fsp3) is 0.615. The van der Waals surface area contributed by atoms with Gasteiger partial charge in [0.05, 0.1) is 0 Å². The van der Waals surface area contributed by atoms with E-state index in [0.29, 0.717) is 6.54 Å². The molecule has 0 atom stereocenters. The van der Waals surface area contributed by atoms with Crippen molar-refractivity contribution in [3.63, 3.8) is 0 Å². The summed E-state index contributed by atoms with van der Waals surface area (Å²) >= 11 is 0.